The smallest absolute Gasteiger partial charge is 0.229 e. The Bertz CT molecular complexity index is 1430. The van der Waals surface area contributed by atoms with Gasteiger partial charge in [0.15, 0.2) is 17.5 Å². The first-order valence-corrected chi connectivity index (χ1v) is 11.2. The minimum Gasteiger partial charge on any atom is -0.399 e. The Morgan fingerprint density at radius 3 is 2.57 bits per heavy atom. The van der Waals surface area contributed by atoms with Gasteiger partial charge in [-0.25, -0.2) is 18.7 Å². The molecule has 0 saturated heterocycles. The molecule has 1 aliphatic carbocycles. The second kappa shape index (κ2) is 9.23. The number of aryl methyl sites for hydroxylation is 2. The maximum Gasteiger partial charge on any atom is 0.229 e. The molecule has 1 atom stereocenters. The summed E-state index contributed by atoms with van der Waals surface area (Å²) in [6.45, 7) is 0. The molecule has 4 N–H and O–H groups in total. The van der Waals surface area contributed by atoms with Gasteiger partial charge in [-0.15, -0.1) is 0 Å². The number of amides is 1. The molecule has 1 heterocycles. The Hall–Kier alpha value is -4.17. The van der Waals surface area contributed by atoms with Gasteiger partial charge < -0.3 is 16.2 Å². The van der Waals surface area contributed by atoms with Crippen LogP contribution in [0, 0.1) is 11.6 Å². The van der Waals surface area contributed by atoms with Crippen molar-refractivity contribution in [3.8, 4) is 11.3 Å². The van der Waals surface area contributed by atoms with E-state index >= 15 is 0 Å². The van der Waals surface area contributed by atoms with Crippen molar-refractivity contribution in [1.29, 1.82) is 0 Å². The van der Waals surface area contributed by atoms with Crippen LogP contribution in [-0.4, -0.2) is 21.0 Å². The molecule has 35 heavy (non-hydrogen) atoms. The van der Waals surface area contributed by atoms with E-state index in [1.807, 2.05) is 18.2 Å². The molecule has 0 fully saturated rings. The molecule has 176 valence electrons. The highest BCUT2D eigenvalue weighted by Crippen LogP contribution is 2.36. The maximum atomic E-state index is 13.6. The minimum atomic E-state index is -1.15. The molecule has 1 amide bonds. The number of aromatic nitrogens is 2. The Morgan fingerprint density at radius 1 is 1.00 bits per heavy atom. The molecule has 6 nitrogen and oxygen atoms in total. The van der Waals surface area contributed by atoms with Crippen molar-refractivity contribution >= 4 is 17.4 Å². The lowest BCUT2D eigenvalue weighted by atomic mass is 9.91. The highest BCUT2D eigenvalue weighted by atomic mass is 19.2. The predicted molar refractivity (Wildman–Crippen MR) is 128 cm³/mol. The van der Waals surface area contributed by atoms with Gasteiger partial charge in [-0.2, -0.15) is 0 Å². The quantitative estimate of drug-likeness (QED) is 0.375. The van der Waals surface area contributed by atoms with Crippen molar-refractivity contribution in [1.82, 2.24) is 9.97 Å². The van der Waals surface area contributed by atoms with E-state index < -0.39 is 23.6 Å². The number of aliphatic hydroxyl groups excluding tert-OH is 1. The molecule has 1 unspecified atom stereocenters. The third-order valence-electron chi connectivity index (χ3n) is 5.99. The van der Waals surface area contributed by atoms with Gasteiger partial charge in [0.25, 0.3) is 0 Å². The van der Waals surface area contributed by atoms with Crippen LogP contribution in [0.1, 0.15) is 34.2 Å². The molecule has 8 heteroatoms. The number of halogens is 2. The van der Waals surface area contributed by atoms with Gasteiger partial charge in [0.1, 0.15) is 11.8 Å². The first kappa shape index (κ1) is 22.6. The van der Waals surface area contributed by atoms with E-state index in [1.54, 1.807) is 30.3 Å². The summed E-state index contributed by atoms with van der Waals surface area (Å²) >= 11 is 0. The summed E-state index contributed by atoms with van der Waals surface area (Å²) < 4.78 is 26.8. The molecule has 5 rings (SSSR count). The summed E-state index contributed by atoms with van der Waals surface area (Å²) in [5.41, 5.74) is 10.9. The van der Waals surface area contributed by atoms with E-state index in [2.05, 4.69) is 10.3 Å². The zero-order valence-electron chi connectivity index (χ0n) is 18.6. The van der Waals surface area contributed by atoms with Crippen LogP contribution in [0.25, 0.3) is 11.3 Å². The van der Waals surface area contributed by atoms with Crippen molar-refractivity contribution in [2.24, 2.45) is 0 Å². The Labute approximate surface area is 200 Å². The van der Waals surface area contributed by atoms with Gasteiger partial charge in [0.05, 0.1) is 17.8 Å². The maximum absolute atomic E-state index is 13.6. The van der Waals surface area contributed by atoms with Crippen LogP contribution < -0.4 is 11.1 Å². The van der Waals surface area contributed by atoms with E-state index in [-0.39, 0.29) is 17.9 Å². The molecule has 0 spiro atoms. The third kappa shape index (κ3) is 4.61. The summed E-state index contributed by atoms with van der Waals surface area (Å²) in [6, 6.07) is 17.8. The lowest BCUT2D eigenvalue weighted by Crippen LogP contribution is -2.21. The fourth-order valence-electron chi connectivity index (χ4n) is 4.26. The van der Waals surface area contributed by atoms with Crippen LogP contribution in [0.3, 0.4) is 0 Å². The standard InChI is InChI=1S/C27H22F2N4O2/c28-20-10-6-15(12-21(20)29)13-23(34)32-27-25(26(35)16-4-2-1-3-5-16)33-24-19-9-8-18(30)14-17(19)7-11-22(24)31-27/h1-6,8-10,12,14,26,35H,7,11,13,30H2,(H,31,32,34). The average molecular weight is 472 g/mol. The van der Waals surface area contributed by atoms with E-state index in [0.29, 0.717) is 41.0 Å². The molecule has 4 aromatic rings. The molecule has 1 aliphatic rings. The molecular formula is C27H22F2N4O2. The molecule has 1 aromatic heterocycles. The number of fused-ring (bicyclic) bond motifs is 3. The summed E-state index contributed by atoms with van der Waals surface area (Å²) in [7, 11) is 0. The highest BCUT2D eigenvalue weighted by molar-refractivity contribution is 5.92. The minimum absolute atomic E-state index is 0.131. The number of carbonyl (C=O) groups excluding carboxylic acids is 1. The van der Waals surface area contributed by atoms with Crippen LogP contribution in [-0.2, 0) is 24.1 Å². The molecule has 3 aromatic carbocycles. The van der Waals surface area contributed by atoms with Crippen molar-refractivity contribution in [3.05, 3.63) is 106 Å². The summed E-state index contributed by atoms with van der Waals surface area (Å²) in [5.74, 6) is -2.37. The van der Waals surface area contributed by atoms with Gasteiger partial charge in [-0.05, 0) is 53.8 Å². The van der Waals surface area contributed by atoms with E-state index in [9.17, 15) is 18.7 Å². The van der Waals surface area contributed by atoms with Crippen LogP contribution in [0.5, 0.6) is 0 Å². The molecule has 0 aliphatic heterocycles. The second-order valence-electron chi connectivity index (χ2n) is 8.46. The zero-order chi connectivity index (χ0) is 24.5. The number of hydrogen-bond acceptors (Lipinski definition) is 5. The molecular weight excluding hydrogens is 450 g/mol. The molecule has 0 saturated carbocycles. The number of hydrogen-bond donors (Lipinski definition) is 3. The van der Waals surface area contributed by atoms with E-state index in [1.165, 1.54) is 6.07 Å². The van der Waals surface area contributed by atoms with Crippen molar-refractivity contribution in [2.45, 2.75) is 25.4 Å². The first-order chi connectivity index (χ1) is 16.9. The summed E-state index contributed by atoms with van der Waals surface area (Å²) in [4.78, 5) is 22.2. The number of anilines is 2. The first-order valence-electron chi connectivity index (χ1n) is 11.2. The number of benzene rings is 3. The van der Waals surface area contributed by atoms with Gasteiger partial charge in [0.2, 0.25) is 5.91 Å². The van der Waals surface area contributed by atoms with E-state index in [4.69, 9.17) is 10.7 Å². The van der Waals surface area contributed by atoms with Crippen molar-refractivity contribution < 1.29 is 18.7 Å². The van der Waals surface area contributed by atoms with Gasteiger partial charge in [0, 0.05) is 11.3 Å². The van der Waals surface area contributed by atoms with Crippen LogP contribution in [0.2, 0.25) is 0 Å². The van der Waals surface area contributed by atoms with E-state index in [0.717, 1.165) is 23.3 Å². The largest absolute Gasteiger partial charge is 0.399 e. The van der Waals surface area contributed by atoms with Gasteiger partial charge >= 0.3 is 0 Å². The van der Waals surface area contributed by atoms with Gasteiger partial charge in [-0.1, -0.05) is 42.5 Å². The fraction of sp³-hybridized carbons (Fsp3) is 0.148. The fourth-order valence-corrected chi connectivity index (χ4v) is 4.26. The molecule has 0 radical (unpaired) electrons. The molecule has 0 bridgehead atoms. The second-order valence-corrected chi connectivity index (χ2v) is 8.46. The van der Waals surface area contributed by atoms with Crippen LogP contribution in [0.15, 0.2) is 66.7 Å². The Morgan fingerprint density at radius 2 is 1.80 bits per heavy atom. The number of nitrogens with zero attached hydrogens (tertiary/aromatic N) is 2. The number of nitrogens with two attached hydrogens (primary N) is 1. The topological polar surface area (TPSA) is 101 Å². The number of carbonyl (C=O) groups is 1. The predicted octanol–water partition coefficient (Wildman–Crippen LogP) is 4.37. The average Bonchev–Trinajstić information content (AvgIpc) is 2.85. The third-order valence-corrected chi connectivity index (χ3v) is 5.99. The van der Waals surface area contributed by atoms with Crippen molar-refractivity contribution in [3.63, 3.8) is 0 Å². The number of aliphatic hydroxyl groups is 1. The Balaban J connectivity index is 1.54. The lowest BCUT2D eigenvalue weighted by molar-refractivity contribution is -0.115. The number of nitrogens with one attached hydrogen (secondary N) is 1. The monoisotopic (exact) mass is 472 g/mol. The highest BCUT2D eigenvalue weighted by Gasteiger charge is 2.26. The zero-order valence-corrected chi connectivity index (χ0v) is 18.6. The summed E-state index contributed by atoms with van der Waals surface area (Å²) in [6.07, 6.45) is -0.0390. The Kier molecular flexibility index (Phi) is 5.96. The normalized spacial score (nSPS) is 13.0. The number of nitrogen functional groups attached to an aromatic ring is 1. The van der Waals surface area contributed by atoms with Crippen LogP contribution in [0.4, 0.5) is 20.3 Å². The summed E-state index contributed by atoms with van der Waals surface area (Å²) in [5, 5.41) is 13.9. The van der Waals surface area contributed by atoms with Gasteiger partial charge in [-0.3, -0.25) is 4.79 Å². The lowest BCUT2D eigenvalue weighted by Gasteiger charge is -2.23. The van der Waals surface area contributed by atoms with Crippen LogP contribution >= 0.6 is 0 Å². The van der Waals surface area contributed by atoms with Crippen molar-refractivity contribution in [2.75, 3.05) is 11.1 Å². The number of rotatable bonds is 5. The SMILES string of the molecule is Nc1ccc2c(c1)CCc1nc(NC(=O)Cc3ccc(F)c(F)c3)c(C(O)c3ccccc3)nc1-2.